The lowest BCUT2D eigenvalue weighted by Crippen LogP contribution is -2.36. The van der Waals surface area contributed by atoms with Crippen molar-refractivity contribution in [3.63, 3.8) is 0 Å². The van der Waals surface area contributed by atoms with Crippen molar-refractivity contribution in [1.82, 2.24) is 10.2 Å². The fourth-order valence-corrected chi connectivity index (χ4v) is 3.74. The van der Waals surface area contributed by atoms with Gasteiger partial charge in [-0.1, -0.05) is 13.3 Å². The molecule has 2 aliphatic rings. The lowest BCUT2D eigenvalue weighted by Gasteiger charge is -2.27. The first-order valence-electron chi connectivity index (χ1n) is 7.61. The van der Waals surface area contributed by atoms with E-state index in [4.69, 9.17) is 0 Å². The van der Waals surface area contributed by atoms with Crippen LogP contribution in [0.1, 0.15) is 46.0 Å². The second-order valence-electron chi connectivity index (χ2n) is 6.46. The highest BCUT2D eigenvalue weighted by Gasteiger charge is 2.39. The standard InChI is InChI=1S/C15H30N2/c1-4-12(2)16-7-8-17(3)11-15-10-13-5-6-14(15)9-13/h12-16H,4-11H2,1-3H3. The van der Waals surface area contributed by atoms with Gasteiger partial charge in [0.05, 0.1) is 0 Å². The Morgan fingerprint density at radius 2 is 2.12 bits per heavy atom. The Bertz CT molecular complexity index is 229. The summed E-state index contributed by atoms with van der Waals surface area (Å²) in [6.45, 7) is 8.21. The Kier molecular flexibility index (Phi) is 4.87. The zero-order valence-corrected chi connectivity index (χ0v) is 11.9. The summed E-state index contributed by atoms with van der Waals surface area (Å²) >= 11 is 0. The SMILES string of the molecule is CCC(C)NCCN(C)CC1CC2CCC1C2. The van der Waals surface area contributed by atoms with Crippen molar-refractivity contribution in [2.75, 3.05) is 26.7 Å². The van der Waals surface area contributed by atoms with Crippen LogP contribution in [0.2, 0.25) is 0 Å². The molecular formula is C15H30N2. The van der Waals surface area contributed by atoms with E-state index in [-0.39, 0.29) is 0 Å². The van der Waals surface area contributed by atoms with Gasteiger partial charge in [-0.25, -0.2) is 0 Å². The average Bonchev–Trinajstić information content (AvgIpc) is 2.90. The maximum Gasteiger partial charge on any atom is 0.0104 e. The summed E-state index contributed by atoms with van der Waals surface area (Å²) in [5.41, 5.74) is 0. The number of hydrogen-bond acceptors (Lipinski definition) is 2. The van der Waals surface area contributed by atoms with E-state index in [0.29, 0.717) is 6.04 Å². The third kappa shape index (κ3) is 3.69. The maximum atomic E-state index is 3.58. The molecule has 1 N–H and O–H groups in total. The molecule has 2 saturated carbocycles. The van der Waals surface area contributed by atoms with Gasteiger partial charge in [0.2, 0.25) is 0 Å². The van der Waals surface area contributed by atoms with Crippen LogP contribution in [0, 0.1) is 17.8 Å². The second-order valence-corrected chi connectivity index (χ2v) is 6.46. The van der Waals surface area contributed by atoms with Crippen molar-refractivity contribution in [2.45, 2.75) is 52.0 Å². The third-order valence-corrected chi connectivity index (χ3v) is 5.03. The smallest absolute Gasteiger partial charge is 0.0104 e. The lowest BCUT2D eigenvalue weighted by molar-refractivity contribution is 0.218. The van der Waals surface area contributed by atoms with E-state index in [2.05, 4.69) is 31.1 Å². The van der Waals surface area contributed by atoms with Crippen molar-refractivity contribution >= 4 is 0 Å². The van der Waals surface area contributed by atoms with Gasteiger partial charge in [0.1, 0.15) is 0 Å². The van der Waals surface area contributed by atoms with E-state index in [9.17, 15) is 0 Å². The second kappa shape index (κ2) is 6.19. The number of rotatable bonds is 7. The summed E-state index contributed by atoms with van der Waals surface area (Å²) in [5, 5.41) is 3.58. The molecule has 0 aromatic heterocycles. The van der Waals surface area contributed by atoms with Crippen molar-refractivity contribution in [3.05, 3.63) is 0 Å². The van der Waals surface area contributed by atoms with Gasteiger partial charge < -0.3 is 10.2 Å². The molecule has 2 rings (SSSR count). The van der Waals surface area contributed by atoms with Gasteiger partial charge in [-0.05, 0) is 57.4 Å². The minimum atomic E-state index is 0.672. The molecule has 17 heavy (non-hydrogen) atoms. The number of hydrogen-bond donors (Lipinski definition) is 1. The third-order valence-electron chi connectivity index (χ3n) is 5.03. The summed E-state index contributed by atoms with van der Waals surface area (Å²) in [6, 6.07) is 0.672. The Morgan fingerprint density at radius 1 is 1.29 bits per heavy atom. The highest BCUT2D eigenvalue weighted by atomic mass is 15.1. The van der Waals surface area contributed by atoms with Gasteiger partial charge >= 0.3 is 0 Å². The number of nitrogens with one attached hydrogen (secondary N) is 1. The number of nitrogens with zero attached hydrogens (tertiary/aromatic N) is 1. The summed E-state index contributed by atoms with van der Waals surface area (Å²) in [4.78, 5) is 2.54. The monoisotopic (exact) mass is 238 g/mol. The Morgan fingerprint density at radius 3 is 2.71 bits per heavy atom. The Labute approximate surface area is 107 Å². The van der Waals surface area contributed by atoms with Crippen LogP contribution in [-0.2, 0) is 0 Å². The maximum absolute atomic E-state index is 3.58. The minimum Gasteiger partial charge on any atom is -0.313 e. The van der Waals surface area contributed by atoms with Gasteiger partial charge in [-0.3, -0.25) is 0 Å². The Balaban J connectivity index is 1.59. The molecule has 0 heterocycles. The lowest BCUT2D eigenvalue weighted by atomic mass is 9.88. The zero-order valence-electron chi connectivity index (χ0n) is 11.9. The molecular weight excluding hydrogens is 208 g/mol. The first-order valence-corrected chi connectivity index (χ1v) is 7.61. The van der Waals surface area contributed by atoms with Crippen LogP contribution >= 0.6 is 0 Å². The van der Waals surface area contributed by atoms with Crippen LogP contribution in [0.4, 0.5) is 0 Å². The molecule has 0 aromatic carbocycles. The topological polar surface area (TPSA) is 15.3 Å². The van der Waals surface area contributed by atoms with E-state index in [1.165, 1.54) is 38.8 Å². The van der Waals surface area contributed by atoms with Crippen molar-refractivity contribution in [2.24, 2.45) is 17.8 Å². The van der Waals surface area contributed by atoms with E-state index < -0.39 is 0 Å². The van der Waals surface area contributed by atoms with Gasteiger partial charge in [0.25, 0.3) is 0 Å². The number of likely N-dealkylation sites (N-methyl/N-ethyl adjacent to an activating group) is 1. The van der Waals surface area contributed by atoms with Gasteiger partial charge in [0, 0.05) is 25.7 Å². The highest BCUT2D eigenvalue weighted by Crippen LogP contribution is 2.48. The first-order chi connectivity index (χ1) is 8.19. The summed E-state index contributed by atoms with van der Waals surface area (Å²) in [7, 11) is 2.30. The van der Waals surface area contributed by atoms with Gasteiger partial charge in [0.15, 0.2) is 0 Å². The predicted octanol–water partition coefficient (Wildman–Crippen LogP) is 2.74. The summed E-state index contributed by atoms with van der Waals surface area (Å²) in [5.74, 6) is 3.18. The zero-order chi connectivity index (χ0) is 12.3. The minimum absolute atomic E-state index is 0.672. The number of fused-ring (bicyclic) bond motifs is 2. The summed E-state index contributed by atoms with van der Waals surface area (Å²) in [6.07, 6.45) is 7.35. The van der Waals surface area contributed by atoms with E-state index in [1.807, 2.05) is 0 Å². The van der Waals surface area contributed by atoms with E-state index in [0.717, 1.165) is 24.3 Å². The molecule has 2 bridgehead atoms. The fourth-order valence-electron chi connectivity index (χ4n) is 3.74. The quantitative estimate of drug-likeness (QED) is 0.733. The van der Waals surface area contributed by atoms with Crippen LogP contribution in [0.15, 0.2) is 0 Å². The van der Waals surface area contributed by atoms with Crippen LogP contribution in [-0.4, -0.2) is 37.6 Å². The molecule has 0 amide bonds. The van der Waals surface area contributed by atoms with Crippen molar-refractivity contribution in [1.29, 1.82) is 0 Å². The van der Waals surface area contributed by atoms with E-state index >= 15 is 0 Å². The van der Waals surface area contributed by atoms with Crippen LogP contribution < -0.4 is 5.32 Å². The first kappa shape index (κ1) is 13.4. The van der Waals surface area contributed by atoms with Gasteiger partial charge in [-0.2, -0.15) is 0 Å². The van der Waals surface area contributed by atoms with E-state index in [1.54, 1.807) is 6.42 Å². The molecule has 2 fully saturated rings. The molecule has 100 valence electrons. The van der Waals surface area contributed by atoms with Crippen LogP contribution in [0.25, 0.3) is 0 Å². The normalized spacial score (nSPS) is 33.5. The molecule has 0 aromatic rings. The molecule has 0 saturated heterocycles. The van der Waals surface area contributed by atoms with Crippen molar-refractivity contribution < 1.29 is 0 Å². The molecule has 4 unspecified atom stereocenters. The molecule has 2 heteroatoms. The molecule has 0 spiro atoms. The fraction of sp³-hybridized carbons (Fsp3) is 1.00. The molecule has 4 atom stereocenters. The molecule has 0 radical (unpaired) electrons. The van der Waals surface area contributed by atoms with Crippen LogP contribution in [0.3, 0.4) is 0 Å². The Hall–Kier alpha value is -0.0800. The van der Waals surface area contributed by atoms with Crippen molar-refractivity contribution in [3.8, 4) is 0 Å². The summed E-state index contributed by atoms with van der Waals surface area (Å²) < 4.78 is 0. The van der Waals surface area contributed by atoms with Gasteiger partial charge in [-0.15, -0.1) is 0 Å². The largest absolute Gasteiger partial charge is 0.313 e. The molecule has 2 aliphatic carbocycles. The highest BCUT2D eigenvalue weighted by molar-refractivity contribution is 4.90. The molecule has 0 aliphatic heterocycles. The predicted molar refractivity (Wildman–Crippen MR) is 74.2 cm³/mol. The van der Waals surface area contributed by atoms with Crippen LogP contribution in [0.5, 0.6) is 0 Å². The molecule has 2 nitrogen and oxygen atoms in total. The average molecular weight is 238 g/mol.